The van der Waals surface area contributed by atoms with E-state index in [0.29, 0.717) is 0 Å². The smallest absolute Gasteiger partial charge is 0.270 e. The maximum atomic E-state index is 11.8. The molecule has 1 heteroatoms. The summed E-state index contributed by atoms with van der Waals surface area (Å²) in [5.74, 6) is 10.6. The van der Waals surface area contributed by atoms with E-state index in [1.54, 1.807) is 0 Å². The van der Waals surface area contributed by atoms with E-state index in [0.717, 1.165) is 33.4 Å². The van der Waals surface area contributed by atoms with Gasteiger partial charge in [0.05, 0.1) is 0 Å². The second-order valence-electron chi connectivity index (χ2n) is 5.58. The summed E-state index contributed by atoms with van der Waals surface area (Å²) in [5, 5.41) is 0. The molecule has 22 heavy (non-hydrogen) atoms. The lowest BCUT2D eigenvalue weighted by atomic mass is 10.1. The summed E-state index contributed by atoms with van der Waals surface area (Å²) in [6.07, 6.45) is 0. The number of hydrogen-bond donors (Lipinski definition) is 0. The molecular weight excluding hydrogens is 268 g/mol. The fourth-order valence-electron chi connectivity index (χ4n) is 2.38. The Kier molecular flexibility index (Phi) is 4.82. The van der Waals surface area contributed by atoms with Crippen LogP contribution in [0.25, 0.3) is 0 Å². The predicted molar refractivity (Wildman–Crippen MR) is 90.6 cm³/mol. The molecule has 0 aromatic heterocycles. The van der Waals surface area contributed by atoms with Crippen LogP contribution in [-0.2, 0) is 4.79 Å². The van der Waals surface area contributed by atoms with Crippen LogP contribution in [0, 0.1) is 51.4 Å². The third-order valence-corrected chi connectivity index (χ3v) is 3.08. The van der Waals surface area contributed by atoms with Crippen molar-refractivity contribution in [3.8, 4) is 23.7 Å². The summed E-state index contributed by atoms with van der Waals surface area (Å²) in [6.45, 7) is 8.06. The van der Waals surface area contributed by atoms with E-state index in [9.17, 15) is 4.79 Å². The van der Waals surface area contributed by atoms with E-state index in [-0.39, 0.29) is 5.78 Å². The molecule has 0 spiro atoms. The molecule has 0 fully saturated rings. The summed E-state index contributed by atoms with van der Waals surface area (Å²) in [4.78, 5) is 11.8. The Labute approximate surface area is 132 Å². The minimum absolute atomic E-state index is 0.363. The summed E-state index contributed by atoms with van der Waals surface area (Å²) >= 11 is 0. The van der Waals surface area contributed by atoms with E-state index < -0.39 is 0 Å². The second-order valence-corrected chi connectivity index (χ2v) is 5.58. The first kappa shape index (κ1) is 15.6. The van der Waals surface area contributed by atoms with Gasteiger partial charge in [0.25, 0.3) is 5.78 Å². The van der Waals surface area contributed by atoms with Crippen molar-refractivity contribution in [1.29, 1.82) is 0 Å². The first-order chi connectivity index (χ1) is 10.4. The number of rotatable bonds is 0. The zero-order chi connectivity index (χ0) is 16.1. The van der Waals surface area contributed by atoms with Crippen molar-refractivity contribution in [2.24, 2.45) is 0 Å². The molecule has 0 aliphatic rings. The van der Waals surface area contributed by atoms with Crippen molar-refractivity contribution in [1.82, 2.24) is 0 Å². The monoisotopic (exact) mass is 286 g/mol. The van der Waals surface area contributed by atoms with Crippen LogP contribution in [0.15, 0.2) is 36.4 Å². The number of carbonyl (C=O) groups excluding carboxylic acids is 1. The van der Waals surface area contributed by atoms with Gasteiger partial charge in [-0.15, -0.1) is 0 Å². The normalized spacial score (nSPS) is 9.27. The molecule has 108 valence electrons. The maximum absolute atomic E-state index is 11.8. The lowest BCUT2D eigenvalue weighted by Crippen LogP contribution is -1.89. The molecule has 0 amide bonds. The standard InChI is InChI=1S/C21H18O/c1-15-9-16(2)12-19(11-15)5-7-21(22)8-6-20-13-17(3)10-18(4)14-20/h9-14H,1-4H3. The van der Waals surface area contributed by atoms with E-state index in [1.807, 2.05) is 52.0 Å². The van der Waals surface area contributed by atoms with Crippen molar-refractivity contribution >= 4 is 5.78 Å². The highest BCUT2D eigenvalue weighted by molar-refractivity contribution is 6.09. The molecule has 0 radical (unpaired) electrons. The van der Waals surface area contributed by atoms with Gasteiger partial charge in [-0.05, 0) is 86.1 Å². The molecular formula is C21H18O. The highest BCUT2D eigenvalue weighted by atomic mass is 16.1. The van der Waals surface area contributed by atoms with Crippen LogP contribution in [-0.4, -0.2) is 5.78 Å². The van der Waals surface area contributed by atoms with Gasteiger partial charge in [0.1, 0.15) is 0 Å². The topological polar surface area (TPSA) is 17.1 Å². The zero-order valence-electron chi connectivity index (χ0n) is 13.4. The summed E-state index contributed by atoms with van der Waals surface area (Å²) < 4.78 is 0. The molecule has 0 saturated heterocycles. The quantitative estimate of drug-likeness (QED) is 0.671. The molecule has 0 aliphatic carbocycles. The Bertz CT molecular complexity index is 737. The minimum atomic E-state index is -0.363. The molecule has 2 aromatic rings. The van der Waals surface area contributed by atoms with Crippen molar-refractivity contribution in [3.05, 3.63) is 69.8 Å². The Hall–Kier alpha value is -2.77. The van der Waals surface area contributed by atoms with Crippen LogP contribution in [0.1, 0.15) is 33.4 Å². The maximum Gasteiger partial charge on any atom is 0.279 e. The highest BCUT2D eigenvalue weighted by Crippen LogP contribution is 2.08. The minimum Gasteiger partial charge on any atom is -0.270 e. The lowest BCUT2D eigenvalue weighted by Gasteiger charge is -1.97. The van der Waals surface area contributed by atoms with Crippen molar-refractivity contribution in [2.75, 3.05) is 0 Å². The fourth-order valence-corrected chi connectivity index (χ4v) is 2.38. The fraction of sp³-hybridized carbons (Fsp3) is 0.190. The Morgan fingerprint density at radius 3 is 1.27 bits per heavy atom. The average Bonchev–Trinajstić information content (AvgIpc) is 2.41. The lowest BCUT2D eigenvalue weighted by molar-refractivity contribution is -0.108. The summed E-state index contributed by atoms with van der Waals surface area (Å²) in [7, 11) is 0. The second kappa shape index (κ2) is 6.79. The number of carbonyl (C=O) groups is 1. The van der Waals surface area contributed by atoms with E-state index in [2.05, 4.69) is 35.8 Å². The number of aryl methyl sites for hydroxylation is 4. The van der Waals surface area contributed by atoms with Crippen molar-refractivity contribution in [2.45, 2.75) is 27.7 Å². The zero-order valence-corrected chi connectivity index (χ0v) is 13.4. The van der Waals surface area contributed by atoms with Gasteiger partial charge in [-0.3, -0.25) is 4.79 Å². The van der Waals surface area contributed by atoms with Crippen LogP contribution in [0.5, 0.6) is 0 Å². The van der Waals surface area contributed by atoms with Crippen LogP contribution >= 0.6 is 0 Å². The SMILES string of the molecule is Cc1cc(C)cc(C#CC(=O)C#Cc2cc(C)cc(C)c2)c1. The predicted octanol–water partition coefficient (Wildman–Crippen LogP) is 3.89. The molecule has 0 atom stereocenters. The van der Waals surface area contributed by atoms with Crippen LogP contribution in [0.2, 0.25) is 0 Å². The van der Waals surface area contributed by atoms with Crippen LogP contribution in [0.3, 0.4) is 0 Å². The first-order valence-electron chi connectivity index (χ1n) is 7.17. The first-order valence-corrected chi connectivity index (χ1v) is 7.17. The average molecular weight is 286 g/mol. The molecule has 2 rings (SSSR count). The molecule has 0 saturated carbocycles. The number of ketones is 1. The van der Waals surface area contributed by atoms with Gasteiger partial charge in [0.15, 0.2) is 0 Å². The van der Waals surface area contributed by atoms with Gasteiger partial charge >= 0.3 is 0 Å². The molecule has 0 bridgehead atoms. The van der Waals surface area contributed by atoms with Crippen molar-refractivity contribution in [3.63, 3.8) is 0 Å². The van der Waals surface area contributed by atoms with Gasteiger partial charge in [-0.25, -0.2) is 0 Å². The molecule has 1 nitrogen and oxygen atoms in total. The third kappa shape index (κ3) is 4.65. The Morgan fingerprint density at radius 2 is 0.955 bits per heavy atom. The van der Waals surface area contributed by atoms with Crippen molar-refractivity contribution < 1.29 is 4.79 Å². The Morgan fingerprint density at radius 1 is 0.636 bits per heavy atom. The largest absolute Gasteiger partial charge is 0.279 e. The van der Waals surface area contributed by atoms with Gasteiger partial charge in [0, 0.05) is 11.1 Å². The van der Waals surface area contributed by atoms with Crippen LogP contribution < -0.4 is 0 Å². The molecule has 0 unspecified atom stereocenters. The molecule has 0 heterocycles. The van der Waals surface area contributed by atoms with E-state index in [1.165, 1.54) is 0 Å². The van der Waals surface area contributed by atoms with Gasteiger partial charge < -0.3 is 0 Å². The molecule has 0 N–H and O–H groups in total. The molecule has 0 aliphatic heterocycles. The number of benzene rings is 2. The van der Waals surface area contributed by atoms with Crippen LogP contribution in [0.4, 0.5) is 0 Å². The van der Waals surface area contributed by atoms with Gasteiger partial charge in [0.2, 0.25) is 0 Å². The van der Waals surface area contributed by atoms with Gasteiger partial charge in [-0.2, -0.15) is 0 Å². The number of Topliss-reactive ketones (excluding diaryl/α,β-unsaturated/α-hetero) is 1. The Balaban J connectivity index is 2.18. The summed E-state index contributed by atoms with van der Waals surface area (Å²) in [6, 6.07) is 12.0. The molecule has 2 aromatic carbocycles. The van der Waals surface area contributed by atoms with E-state index in [4.69, 9.17) is 0 Å². The number of hydrogen-bond acceptors (Lipinski definition) is 1. The highest BCUT2D eigenvalue weighted by Gasteiger charge is 1.95. The third-order valence-electron chi connectivity index (χ3n) is 3.08. The summed E-state index contributed by atoms with van der Waals surface area (Å²) in [5.41, 5.74) is 6.24. The van der Waals surface area contributed by atoms with E-state index >= 15 is 0 Å². The van der Waals surface area contributed by atoms with Gasteiger partial charge in [-0.1, -0.05) is 24.0 Å².